The van der Waals surface area contributed by atoms with Crippen LogP contribution in [0.2, 0.25) is 5.02 Å². The molecule has 8 nitrogen and oxygen atoms in total. The normalized spacial score (nSPS) is 13.6. The second kappa shape index (κ2) is 9.21. The first kappa shape index (κ1) is 21.7. The number of aryl methyl sites for hydroxylation is 1. The highest BCUT2D eigenvalue weighted by Gasteiger charge is 2.31. The van der Waals surface area contributed by atoms with Gasteiger partial charge in [0.2, 0.25) is 5.91 Å². The van der Waals surface area contributed by atoms with E-state index in [1.54, 1.807) is 16.5 Å². The lowest BCUT2D eigenvalue weighted by molar-refractivity contribution is -0.130. The molecular weight excluding hydrogens is 406 g/mol. The SMILES string of the molecule is C=CC(=O)N1CC(NC(=O)c2cnc(CNc3cc(CCC)c(Cl)cc3O)n2C)C1. The van der Waals surface area contributed by atoms with Gasteiger partial charge < -0.3 is 25.2 Å². The molecule has 160 valence electrons. The quantitative estimate of drug-likeness (QED) is 0.440. The Morgan fingerprint density at radius 1 is 1.40 bits per heavy atom. The van der Waals surface area contributed by atoms with Crippen molar-refractivity contribution in [2.45, 2.75) is 32.4 Å². The molecule has 1 saturated heterocycles. The van der Waals surface area contributed by atoms with E-state index in [-0.39, 0.29) is 23.6 Å². The highest BCUT2D eigenvalue weighted by Crippen LogP contribution is 2.31. The molecule has 0 saturated carbocycles. The van der Waals surface area contributed by atoms with Crippen LogP contribution in [0, 0.1) is 0 Å². The topological polar surface area (TPSA) is 99.5 Å². The first-order valence-corrected chi connectivity index (χ1v) is 10.2. The molecule has 3 N–H and O–H groups in total. The maximum atomic E-state index is 12.5. The van der Waals surface area contributed by atoms with E-state index < -0.39 is 0 Å². The van der Waals surface area contributed by atoms with Crippen LogP contribution in [0.15, 0.2) is 31.0 Å². The number of nitrogens with one attached hydrogen (secondary N) is 2. The Morgan fingerprint density at radius 2 is 2.13 bits per heavy atom. The fourth-order valence-electron chi connectivity index (χ4n) is 3.35. The molecule has 2 heterocycles. The predicted molar refractivity (Wildman–Crippen MR) is 116 cm³/mol. The Kier molecular flexibility index (Phi) is 6.66. The highest BCUT2D eigenvalue weighted by molar-refractivity contribution is 6.31. The maximum absolute atomic E-state index is 12.5. The molecule has 1 aromatic heterocycles. The van der Waals surface area contributed by atoms with Gasteiger partial charge in [0.05, 0.1) is 24.5 Å². The van der Waals surface area contributed by atoms with Gasteiger partial charge in [0.25, 0.3) is 5.91 Å². The number of aromatic hydroxyl groups is 1. The summed E-state index contributed by atoms with van der Waals surface area (Å²) in [6, 6.07) is 3.29. The minimum absolute atomic E-state index is 0.0654. The van der Waals surface area contributed by atoms with Crippen molar-refractivity contribution in [3.8, 4) is 5.75 Å². The van der Waals surface area contributed by atoms with Crippen molar-refractivity contribution in [3.63, 3.8) is 0 Å². The van der Waals surface area contributed by atoms with Crippen molar-refractivity contribution < 1.29 is 14.7 Å². The van der Waals surface area contributed by atoms with E-state index in [4.69, 9.17) is 11.6 Å². The van der Waals surface area contributed by atoms with E-state index in [0.717, 1.165) is 18.4 Å². The van der Waals surface area contributed by atoms with Crippen LogP contribution in [0.5, 0.6) is 5.75 Å². The molecule has 0 bridgehead atoms. The second-order valence-electron chi connectivity index (χ2n) is 7.30. The second-order valence-corrected chi connectivity index (χ2v) is 7.71. The minimum Gasteiger partial charge on any atom is -0.506 e. The summed E-state index contributed by atoms with van der Waals surface area (Å²) in [6.45, 7) is 6.79. The largest absolute Gasteiger partial charge is 0.506 e. The summed E-state index contributed by atoms with van der Waals surface area (Å²) in [5, 5.41) is 16.8. The van der Waals surface area contributed by atoms with Gasteiger partial charge in [-0.1, -0.05) is 31.5 Å². The lowest BCUT2D eigenvalue weighted by Gasteiger charge is -2.38. The monoisotopic (exact) mass is 431 g/mol. The van der Waals surface area contributed by atoms with Crippen LogP contribution in [0.3, 0.4) is 0 Å². The number of nitrogens with zero attached hydrogens (tertiary/aromatic N) is 3. The highest BCUT2D eigenvalue weighted by atomic mass is 35.5. The molecule has 0 unspecified atom stereocenters. The number of imidazole rings is 1. The first-order valence-electron chi connectivity index (χ1n) is 9.82. The van der Waals surface area contributed by atoms with Gasteiger partial charge >= 0.3 is 0 Å². The number of hydrogen-bond donors (Lipinski definition) is 3. The average molecular weight is 432 g/mol. The van der Waals surface area contributed by atoms with E-state index in [2.05, 4.69) is 29.1 Å². The number of rotatable bonds is 8. The van der Waals surface area contributed by atoms with Crippen molar-refractivity contribution in [3.05, 3.63) is 53.1 Å². The molecule has 1 aliphatic heterocycles. The number of carbonyl (C=O) groups excluding carboxylic acids is 2. The summed E-state index contributed by atoms with van der Waals surface area (Å²) in [6.07, 6.45) is 4.55. The van der Waals surface area contributed by atoms with Crippen LogP contribution in [-0.2, 0) is 24.8 Å². The summed E-state index contributed by atoms with van der Waals surface area (Å²) in [5.74, 6) is 0.327. The molecule has 9 heteroatoms. The maximum Gasteiger partial charge on any atom is 0.269 e. The van der Waals surface area contributed by atoms with Gasteiger partial charge in [-0.25, -0.2) is 4.98 Å². The van der Waals surface area contributed by atoms with Gasteiger partial charge in [0.1, 0.15) is 17.3 Å². The molecule has 2 aromatic rings. The van der Waals surface area contributed by atoms with Crippen molar-refractivity contribution in [1.82, 2.24) is 19.8 Å². The van der Waals surface area contributed by atoms with Crippen LogP contribution in [-0.4, -0.2) is 50.5 Å². The molecule has 0 atom stereocenters. The molecule has 0 spiro atoms. The third-order valence-corrected chi connectivity index (χ3v) is 5.49. The summed E-state index contributed by atoms with van der Waals surface area (Å²) in [7, 11) is 1.76. The molecule has 3 rings (SSSR count). The zero-order chi connectivity index (χ0) is 21.8. The summed E-state index contributed by atoms with van der Waals surface area (Å²) >= 11 is 6.18. The molecule has 0 radical (unpaired) electrons. The Bertz CT molecular complexity index is 966. The molecule has 0 aliphatic carbocycles. The molecule has 1 fully saturated rings. The molecule has 2 amide bonds. The van der Waals surface area contributed by atoms with E-state index in [1.807, 2.05) is 6.07 Å². The van der Waals surface area contributed by atoms with Crippen molar-refractivity contribution in [1.29, 1.82) is 0 Å². The number of hydrogen-bond acceptors (Lipinski definition) is 5. The summed E-state index contributed by atoms with van der Waals surface area (Å²) in [5.41, 5.74) is 1.95. The molecule has 1 aliphatic rings. The van der Waals surface area contributed by atoms with Crippen LogP contribution < -0.4 is 10.6 Å². The smallest absolute Gasteiger partial charge is 0.269 e. The number of halogens is 1. The number of benzene rings is 1. The number of carbonyl (C=O) groups is 2. The van der Waals surface area contributed by atoms with Gasteiger partial charge in [-0.3, -0.25) is 9.59 Å². The van der Waals surface area contributed by atoms with Crippen LogP contribution in [0.4, 0.5) is 5.69 Å². The average Bonchev–Trinajstić information content (AvgIpc) is 3.05. The number of anilines is 1. The molecule has 30 heavy (non-hydrogen) atoms. The number of amides is 2. The molecule has 1 aromatic carbocycles. The van der Waals surface area contributed by atoms with E-state index in [9.17, 15) is 14.7 Å². The predicted octanol–water partition coefficient (Wildman–Crippen LogP) is 2.47. The zero-order valence-corrected chi connectivity index (χ0v) is 17.9. The van der Waals surface area contributed by atoms with Gasteiger partial charge in [-0.15, -0.1) is 0 Å². The third kappa shape index (κ3) is 4.59. The van der Waals surface area contributed by atoms with Gasteiger partial charge in [-0.2, -0.15) is 0 Å². The lowest BCUT2D eigenvalue weighted by Crippen LogP contribution is -2.60. The number of phenols is 1. The Hall–Kier alpha value is -3.00. The number of aromatic nitrogens is 2. The molecular formula is C21H26ClN5O3. The number of likely N-dealkylation sites (tertiary alicyclic amines) is 1. The third-order valence-electron chi connectivity index (χ3n) is 5.14. The Balaban J connectivity index is 1.61. The zero-order valence-electron chi connectivity index (χ0n) is 17.1. The summed E-state index contributed by atoms with van der Waals surface area (Å²) < 4.78 is 1.70. The van der Waals surface area contributed by atoms with Gasteiger partial charge in [0.15, 0.2) is 0 Å². The van der Waals surface area contributed by atoms with Crippen LogP contribution in [0.25, 0.3) is 0 Å². The van der Waals surface area contributed by atoms with Crippen molar-refractivity contribution >= 4 is 29.1 Å². The summed E-state index contributed by atoms with van der Waals surface area (Å²) in [4.78, 5) is 30.0. The fraction of sp³-hybridized carbons (Fsp3) is 0.381. The Morgan fingerprint density at radius 3 is 2.80 bits per heavy atom. The standard InChI is InChI=1S/C21H26ClN5O3/c1-4-6-13-7-16(18(28)8-15(13)22)23-10-19-24-9-17(26(19)3)21(30)25-14-11-27(12-14)20(29)5-2/h5,7-9,14,23,28H,2,4,6,10-12H2,1,3H3,(H,25,30). The van der Waals surface area contributed by atoms with E-state index in [0.29, 0.717) is 41.9 Å². The van der Waals surface area contributed by atoms with Crippen molar-refractivity contribution in [2.75, 3.05) is 18.4 Å². The van der Waals surface area contributed by atoms with Gasteiger partial charge in [-0.05, 0) is 24.1 Å². The number of phenolic OH excluding ortho intramolecular Hbond substituents is 1. The lowest BCUT2D eigenvalue weighted by atomic mass is 10.1. The van der Waals surface area contributed by atoms with Crippen LogP contribution >= 0.6 is 11.6 Å². The van der Waals surface area contributed by atoms with Gasteiger partial charge in [0, 0.05) is 31.2 Å². The minimum atomic E-state index is -0.244. The Labute approximate surface area is 180 Å². The fourth-order valence-corrected chi connectivity index (χ4v) is 3.60. The first-order chi connectivity index (χ1) is 14.3. The van der Waals surface area contributed by atoms with Crippen molar-refractivity contribution in [2.24, 2.45) is 7.05 Å². The van der Waals surface area contributed by atoms with Crippen LogP contribution in [0.1, 0.15) is 35.2 Å². The van der Waals surface area contributed by atoms with E-state index in [1.165, 1.54) is 18.3 Å². The van der Waals surface area contributed by atoms with E-state index >= 15 is 0 Å².